The SMILES string of the molecule is CC[C@@H](C(=O)NC(C)C)N(Cc1ccc(C)cc1)C(=O)CCCN(c1cc(C)ccc1C)S(C)(=O)=O. The second-order valence-electron chi connectivity index (χ2n) is 9.82. The van der Waals surface area contributed by atoms with E-state index in [1.807, 2.05) is 84.0 Å². The molecule has 2 aromatic carbocycles. The van der Waals surface area contributed by atoms with Crippen LogP contribution in [0, 0.1) is 20.8 Å². The van der Waals surface area contributed by atoms with Gasteiger partial charge in [0.05, 0.1) is 11.9 Å². The van der Waals surface area contributed by atoms with Crippen molar-refractivity contribution in [2.45, 2.75) is 79.4 Å². The van der Waals surface area contributed by atoms with Gasteiger partial charge < -0.3 is 10.2 Å². The molecule has 0 spiro atoms. The second-order valence-corrected chi connectivity index (χ2v) is 11.7. The van der Waals surface area contributed by atoms with Crippen molar-refractivity contribution in [3.05, 3.63) is 64.7 Å². The summed E-state index contributed by atoms with van der Waals surface area (Å²) in [4.78, 5) is 28.1. The van der Waals surface area contributed by atoms with Crippen LogP contribution in [-0.4, -0.2) is 50.0 Å². The smallest absolute Gasteiger partial charge is 0.243 e. The summed E-state index contributed by atoms with van der Waals surface area (Å²) in [6.45, 7) is 12.0. The third-order valence-corrected chi connectivity index (χ3v) is 7.26. The number of sulfonamides is 1. The van der Waals surface area contributed by atoms with Gasteiger partial charge in [-0.3, -0.25) is 13.9 Å². The molecule has 2 aromatic rings. The Kier molecular flexibility index (Phi) is 10.5. The van der Waals surface area contributed by atoms with Gasteiger partial charge in [0.15, 0.2) is 0 Å². The molecule has 2 amide bonds. The van der Waals surface area contributed by atoms with Crippen LogP contribution < -0.4 is 9.62 Å². The molecule has 0 bridgehead atoms. The highest BCUT2D eigenvalue weighted by atomic mass is 32.2. The average Bonchev–Trinajstić information content (AvgIpc) is 2.78. The van der Waals surface area contributed by atoms with Crippen molar-refractivity contribution >= 4 is 27.5 Å². The number of benzene rings is 2. The van der Waals surface area contributed by atoms with E-state index in [-0.39, 0.29) is 30.8 Å². The molecule has 0 aromatic heterocycles. The Hall–Kier alpha value is -2.87. The molecule has 0 saturated carbocycles. The van der Waals surface area contributed by atoms with Crippen LogP contribution in [0.3, 0.4) is 0 Å². The first-order chi connectivity index (χ1) is 16.8. The van der Waals surface area contributed by atoms with Crippen LogP contribution in [0.15, 0.2) is 42.5 Å². The molecule has 0 aliphatic carbocycles. The van der Waals surface area contributed by atoms with Crippen LogP contribution in [0.1, 0.15) is 62.3 Å². The highest BCUT2D eigenvalue weighted by Gasteiger charge is 2.29. The Morgan fingerprint density at radius 2 is 1.58 bits per heavy atom. The molecule has 0 saturated heterocycles. The Morgan fingerprint density at radius 3 is 2.14 bits per heavy atom. The standard InChI is InChI=1S/C28H41N3O4S/c1-8-25(28(33)29-20(2)3)30(19-24-15-12-21(4)13-16-24)27(32)10-9-17-31(36(7,34)35)26-18-22(5)11-14-23(26)6/h11-16,18,20,25H,8-10,17,19H2,1-7H3,(H,29,33)/t25-/m0/s1. The summed E-state index contributed by atoms with van der Waals surface area (Å²) >= 11 is 0. The lowest BCUT2D eigenvalue weighted by molar-refractivity contribution is -0.141. The minimum absolute atomic E-state index is 0.0382. The van der Waals surface area contributed by atoms with Gasteiger partial charge in [0, 0.05) is 25.6 Å². The van der Waals surface area contributed by atoms with Crippen molar-refractivity contribution in [1.82, 2.24) is 10.2 Å². The quantitative estimate of drug-likeness (QED) is 0.451. The summed E-state index contributed by atoms with van der Waals surface area (Å²) in [7, 11) is -3.53. The first kappa shape index (κ1) is 29.4. The van der Waals surface area contributed by atoms with Crippen LogP contribution in [0.4, 0.5) is 5.69 Å². The summed E-state index contributed by atoms with van der Waals surface area (Å²) in [5.41, 5.74) is 4.51. The lowest BCUT2D eigenvalue weighted by Crippen LogP contribution is -2.50. The van der Waals surface area contributed by atoms with E-state index >= 15 is 0 Å². The zero-order valence-corrected chi connectivity index (χ0v) is 23.5. The zero-order valence-electron chi connectivity index (χ0n) is 22.7. The van der Waals surface area contributed by atoms with E-state index in [4.69, 9.17) is 0 Å². The molecule has 1 atom stereocenters. The predicted octanol–water partition coefficient (Wildman–Crippen LogP) is 4.49. The summed E-state index contributed by atoms with van der Waals surface area (Å²) in [5.74, 6) is -0.350. The monoisotopic (exact) mass is 515 g/mol. The fourth-order valence-corrected chi connectivity index (χ4v) is 5.18. The first-order valence-corrected chi connectivity index (χ1v) is 14.4. The largest absolute Gasteiger partial charge is 0.352 e. The van der Waals surface area contributed by atoms with E-state index in [0.717, 1.165) is 22.3 Å². The Balaban J connectivity index is 2.24. The lowest BCUT2D eigenvalue weighted by atomic mass is 10.1. The molecule has 0 unspecified atom stereocenters. The van der Waals surface area contributed by atoms with Gasteiger partial charge in [-0.25, -0.2) is 8.42 Å². The maximum Gasteiger partial charge on any atom is 0.243 e. The Morgan fingerprint density at radius 1 is 0.972 bits per heavy atom. The number of aryl methyl sites for hydroxylation is 3. The number of hydrogen-bond donors (Lipinski definition) is 1. The third kappa shape index (κ3) is 8.36. The summed E-state index contributed by atoms with van der Waals surface area (Å²) in [6.07, 6.45) is 2.14. The third-order valence-electron chi connectivity index (χ3n) is 6.08. The van der Waals surface area contributed by atoms with E-state index in [2.05, 4.69) is 5.32 Å². The molecule has 0 aliphatic heterocycles. The summed E-state index contributed by atoms with van der Waals surface area (Å²) in [5, 5.41) is 2.93. The highest BCUT2D eigenvalue weighted by molar-refractivity contribution is 7.92. The number of carbonyl (C=O) groups excluding carboxylic acids is 2. The molecular formula is C28H41N3O4S. The summed E-state index contributed by atoms with van der Waals surface area (Å²) in [6, 6.07) is 13.0. The number of nitrogens with one attached hydrogen (secondary N) is 1. The van der Waals surface area contributed by atoms with Gasteiger partial charge in [-0.1, -0.05) is 48.9 Å². The fraction of sp³-hybridized carbons (Fsp3) is 0.500. The van der Waals surface area contributed by atoms with Crippen LogP contribution in [0.2, 0.25) is 0 Å². The zero-order chi connectivity index (χ0) is 27.0. The number of rotatable bonds is 12. The molecular weight excluding hydrogens is 474 g/mol. The van der Waals surface area contributed by atoms with E-state index in [9.17, 15) is 18.0 Å². The van der Waals surface area contributed by atoms with Gasteiger partial charge in [0.1, 0.15) is 6.04 Å². The molecule has 0 heterocycles. The lowest BCUT2D eigenvalue weighted by Gasteiger charge is -2.31. The molecule has 1 N–H and O–H groups in total. The molecule has 2 rings (SSSR count). The van der Waals surface area contributed by atoms with Crippen LogP contribution in [-0.2, 0) is 26.2 Å². The van der Waals surface area contributed by atoms with Crippen LogP contribution in [0.25, 0.3) is 0 Å². The van der Waals surface area contributed by atoms with Crippen molar-refractivity contribution in [3.63, 3.8) is 0 Å². The van der Waals surface area contributed by atoms with Gasteiger partial charge in [-0.05, 0) is 70.2 Å². The van der Waals surface area contributed by atoms with Crippen LogP contribution >= 0.6 is 0 Å². The first-order valence-electron chi connectivity index (χ1n) is 12.5. The second kappa shape index (κ2) is 12.9. The predicted molar refractivity (Wildman–Crippen MR) is 146 cm³/mol. The number of hydrogen-bond acceptors (Lipinski definition) is 4. The van der Waals surface area contributed by atoms with Gasteiger partial charge in [-0.2, -0.15) is 0 Å². The maximum atomic E-state index is 13.5. The van der Waals surface area contributed by atoms with Crippen molar-refractivity contribution in [3.8, 4) is 0 Å². The van der Waals surface area contributed by atoms with Crippen molar-refractivity contribution in [1.29, 1.82) is 0 Å². The minimum atomic E-state index is -3.53. The number of amides is 2. The van der Waals surface area contributed by atoms with E-state index in [1.54, 1.807) is 4.90 Å². The van der Waals surface area contributed by atoms with Gasteiger partial charge in [0.25, 0.3) is 0 Å². The Labute approximate surface area is 216 Å². The Bertz CT molecular complexity index is 1140. The molecule has 0 radical (unpaired) electrons. The maximum absolute atomic E-state index is 13.5. The van der Waals surface area contributed by atoms with Crippen molar-refractivity contribution < 1.29 is 18.0 Å². The molecule has 198 valence electrons. The minimum Gasteiger partial charge on any atom is -0.352 e. The van der Waals surface area contributed by atoms with Gasteiger partial charge in [-0.15, -0.1) is 0 Å². The average molecular weight is 516 g/mol. The normalized spacial score (nSPS) is 12.3. The molecule has 7 nitrogen and oxygen atoms in total. The van der Waals surface area contributed by atoms with Gasteiger partial charge >= 0.3 is 0 Å². The van der Waals surface area contributed by atoms with Crippen molar-refractivity contribution in [2.24, 2.45) is 0 Å². The highest BCUT2D eigenvalue weighted by Crippen LogP contribution is 2.25. The van der Waals surface area contributed by atoms with Crippen molar-refractivity contribution in [2.75, 3.05) is 17.1 Å². The number of carbonyl (C=O) groups is 2. The van der Waals surface area contributed by atoms with E-state index in [1.165, 1.54) is 10.6 Å². The molecule has 0 aliphatic rings. The van der Waals surface area contributed by atoms with Gasteiger partial charge in [0.2, 0.25) is 21.8 Å². The molecule has 36 heavy (non-hydrogen) atoms. The molecule has 0 fully saturated rings. The number of anilines is 1. The fourth-order valence-electron chi connectivity index (χ4n) is 4.16. The molecule has 8 heteroatoms. The number of nitrogens with zero attached hydrogens (tertiary/aromatic N) is 2. The van der Waals surface area contributed by atoms with Crippen LogP contribution in [0.5, 0.6) is 0 Å². The topological polar surface area (TPSA) is 86.8 Å². The summed E-state index contributed by atoms with van der Waals surface area (Å²) < 4.78 is 26.6. The van der Waals surface area contributed by atoms with E-state index < -0.39 is 16.1 Å². The van der Waals surface area contributed by atoms with E-state index in [0.29, 0.717) is 25.1 Å².